The Kier molecular flexibility index (Phi) is 5.14. The van der Waals surface area contributed by atoms with Gasteiger partial charge in [0, 0.05) is 33.7 Å². The van der Waals surface area contributed by atoms with Gasteiger partial charge in [0.1, 0.15) is 5.60 Å². The van der Waals surface area contributed by atoms with Crippen LogP contribution in [0.3, 0.4) is 0 Å². The quantitative estimate of drug-likeness (QED) is 0.809. The Bertz CT molecular complexity index is 307. The number of amides is 2. The molecular weight excluding hydrogens is 232 g/mol. The monoisotopic (exact) mass is 256 g/mol. The molecule has 1 heterocycles. The lowest BCUT2D eigenvalue weighted by Gasteiger charge is -2.36. The molecule has 0 aromatic heterocycles. The van der Waals surface area contributed by atoms with Gasteiger partial charge in [-0.2, -0.15) is 0 Å². The summed E-state index contributed by atoms with van der Waals surface area (Å²) >= 11 is 0. The van der Waals surface area contributed by atoms with E-state index in [4.69, 9.17) is 4.74 Å². The van der Waals surface area contributed by atoms with Crippen molar-refractivity contribution < 1.29 is 14.3 Å². The van der Waals surface area contributed by atoms with E-state index in [1.54, 1.807) is 21.0 Å². The highest BCUT2D eigenvalue weighted by Gasteiger charge is 2.33. The number of nitrogens with zero attached hydrogens (tertiary/aromatic N) is 1. The molecule has 1 aliphatic rings. The molecule has 0 bridgehead atoms. The number of likely N-dealkylation sites (tertiary alicyclic amines) is 1. The molecule has 104 valence electrons. The maximum absolute atomic E-state index is 12.2. The predicted molar refractivity (Wildman–Crippen MR) is 69.1 cm³/mol. The summed E-state index contributed by atoms with van der Waals surface area (Å²) < 4.78 is 5.21. The molecule has 0 unspecified atom stereocenters. The van der Waals surface area contributed by atoms with Gasteiger partial charge in [0.15, 0.2) is 0 Å². The third-order valence-corrected chi connectivity index (χ3v) is 3.57. The Balaban J connectivity index is 2.39. The Morgan fingerprint density at radius 2 is 1.89 bits per heavy atom. The molecule has 5 nitrogen and oxygen atoms in total. The van der Waals surface area contributed by atoms with Crippen LogP contribution in [-0.4, -0.2) is 49.1 Å². The Labute approximate surface area is 109 Å². The summed E-state index contributed by atoms with van der Waals surface area (Å²) in [4.78, 5) is 24.8. The first-order valence-electron chi connectivity index (χ1n) is 6.45. The average molecular weight is 256 g/mol. The lowest BCUT2D eigenvalue weighted by molar-refractivity contribution is -0.152. The molecule has 0 aliphatic carbocycles. The van der Waals surface area contributed by atoms with Gasteiger partial charge in [-0.25, -0.2) is 0 Å². The second kappa shape index (κ2) is 6.18. The number of carbonyl (C=O) groups is 2. The molecule has 5 heteroatoms. The molecule has 1 N–H and O–H groups in total. The van der Waals surface area contributed by atoms with E-state index in [0.29, 0.717) is 12.5 Å². The minimum atomic E-state index is -0.746. The van der Waals surface area contributed by atoms with E-state index in [0.717, 1.165) is 25.9 Å². The standard InChI is InChI=1S/C13H24N2O3/c1-10(16)14-9-11-5-7-15(8-6-11)12(17)13(2,3)18-4/h11H,5-9H2,1-4H3,(H,14,16). The van der Waals surface area contributed by atoms with E-state index in [1.165, 1.54) is 6.92 Å². The molecule has 18 heavy (non-hydrogen) atoms. The molecular formula is C13H24N2O3. The summed E-state index contributed by atoms with van der Waals surface area (Å²) in [6.45, 7) is 7.31. The van der Waals surface area contributed by atoms with Crippen LogP contribution in [-0.2, 0) is 14.3 Å². The van der Waals surface area contributed by atoms with Crippen molar-refractivity contribution in [1.82, 2.24) is 10.2 Å². The molecule has 0 atom stereocenters. The highest BCUT2D eigenvalue weighted by atomic mass is 16.5. The fraction of sp³-hybridized carbons (Fsp3) is 0.846. The van der Waals surface area contributed by atoms with Crippen LogP contribution in [0.25, 0.3) is 0 Å². The fourth-order valence-corrected chi connectivity index (χ4v) is 2.10. The summed E-state index contributed by atoms with van der Waals surface area (Å²) in [5.41, 5.74) is -0.746. The van der Waals surface area contributed by atoms with Crippen LogP contribution in [0.15, 0.2) is 0 Å². The van der Waals surface area contributed by atoms with Gasteiger partial charge < -0.3 is 15.0 Å². The molecule has 1 fully saturated rings. The molecule has 0 radical (unpaired) electrons. The maximum atomic E-state index is 12.2. The summed E-state index contributed by atoms with van der Waals surface area (Å²) in [5.74, 6) is 0.528. The number of hydrogen-bond donors (Lipinski definition) is 1. The zero-order chi connectivity index (χ0) is 13.8. The summed E-state index contributed by atoms with van der Waals surface area (Å²) in [7, 11) is 1.56. The smallest absolute Gasteiger partial charge is 0.254 e. The van der Waals surface area contributed by atoms with Crippen molar-refractivity contribution in [3.8, 4) is 0 Å². The first-order chi connectivity index (χ1) is 8.36. The normalized spacial score (nSPS) is 17.7. The number of nitrogens with one attached hydrogen (secondary N) is 1. The minimum absolute atomic E-state index is 0.00835. The van der Waals surface area contributed by atoms with E-state index in [2.05, 4.69) is 5.32 Å². The molecule has 0 aromatic rings. The Hall–Kier alpha value is -1.10. The van der Waals surface area contributed by atoms with E-state index < -0.39 is 5.60 Å². The van der Waals surface area contributed by atoms with Crippen molar-refractivity contribution in [3.05, 3.63) is 0 Å². The summed E-state index contributed by atoms with van der Waals surface area (Å²) in [6, 6.07) is 0. The van der Waals surface area contributed by atoms with Crippen LogP contribution in [0, 0.1) is 5.92 Å². The van der Waals surface area contributed by atoms with Crippen LogP contribution < -0.4 is 5.32 Å². The number of methoxy groups -OCH3 is 1. The van der Waals surface area contributed by atoms with Crippen molar-refractivity contribution in [2.75, 3.05) is 26.7 Å². The highest BCUT2D eigenvalue weighted by molar-refractivity contribution is 5.84. The number of carbonyl (C=O) groups excluding carboxylic acids is 2. The third kappa shape index (κ3) is 3.98. The number of rotatable bonds is 4. The predicted octanol–water partition coefficient (Wildman–Crippen LogP) is 0.786. The van der Waals surface area contributed by atoms with Crippen LogP contribution in [0.1, 0.15) is 33.6 Å². The first-order valence-corrected chi connectivity index (χ1v) is 6.45. The van der Waals surface area contributed by atoms with Crippen LogP contribution in [0.5, 0.6) is 0 Å². The lowest BCUT2D eigenvalue weighted by atomic mass is 9.95. The first kappa shape index (κ1) is 15.0. The van der Waals surface area contributed by atoms with Crippen molar-refractivity contribution in [2.24, 2.45) is 5.92 Å². The van der Waals surface area contributed by atoms with Crippen molar-refractivity contribution >= 4 is 11.8 Å². The molecule has 1 rings (SSSR count). The van der Waals surface area contributed by atoms with Gasteiger partial charge in [-0.15, -0.1) is 0 Å². The van der Waals surface area contributed by atoms with Crippen LogP contribution in [0.4, 0.5) is 0 Å². The third-order valence-electron chi connectivity index (χ3n) is 3.57. The molecule has 0 saturated carbocycles. The van der Waals surface area contributed by atoms with E-state index in [1.807, 2.05) is 4.90 Å². The number of hydrogen-bond acceptors (Lipinski definition) is 3. The molecule has 0 aromatic carbocycles. The lowest BCUT2D eigenvalue weighted by Crippen LogP contribution is -2.50. The topological polar surface area (TPSA) is 58.6 Å². The van der Waals surface area contributed by atoms with Gasteiger partial charge in [-0.3, -0.25) is 9.59 Å². The highest BCUT2D eigenvalue weighted by Crippen LogP contribution is 2.20. The van der Waals surface area contributed by atoms with Crippen LogP contribution in [0.2, 0.25) is 0 Å². The van der Waals surface area contributed by atoms with E-state index in [9.17, 15) is 9.59 Å². The van der Waals surface area contributed by atoms with Gasteiger partial charge in [0.25, 0.3) is 5.91 Å². The number of piperidine rings is 1. The average Bonchev–Trinajstić information content (AvgIpc) is 2.36. The van der Waals surface area contributed by atoms with E-state index >= 15 is 0 Å². The molecule has 1 saturated heterocycles. The summed E-state index contributed by atoms with van der Waals surface area (Å²) in [6.07, 6.45) is 1.87. The largest absolute Gasteiger partial charge is 0.369 e. The maximum Gasteiger partial charge on any atom is 0.254 e. The van der Waals surface area contributed by atoms with Crippen LogP contribution >= 0.6 is 0 Å². The minimum Gasteiger partial charge on any atom is -0.369 e. The van der Waals surface area contributed by atoms with E-state index in [-0.39, 0.29) is 11.8 Å². The second-order valence-electron chi connectivity index (χ2n) is 5.39. The Morgan fingerprint density at radius 1 is 1.33 bits per heavy atom. The number of ether oxygens (including phenoxy) is 1. The zero-order valence-corrected chi connectivity index (χ0v) is 11.8. The molecule has 2 amide bonds. The fourth-order valence-electron chi connectivity index (χ4n) is 2.10. The Morgan fingerprint density at radius 3 is 2.33 bits per heavy atom. The van der Waals surface area contributed by atoms with Crippen molar-refractivity contribution in [2.45, 2.75) is 39.2 Å². The van der Waals surface area contributed by atoms with Gasteiger partial charge in [-0.05, 0) is 32.6 Å². The van der Waals surface area contributed by atoms with Gasteiger partial charge in [-0.1, -0.05) is 0 Å². The van der Waals surface area contributed by atoms with Gasteiger partial charge >= 0.3 is 0 Å². The van der Waals surface area contributed by atoms with Gasteiger partial charge in [0.2, 0.25) is 5.91 Å². The zero-order valence-electron chi connectivity index (χ0n) is 11.8. The molecule has 0 spiro atoms. The van der Waals surface area contributed by atoms with Gasteiger partial charge in [0.05, 0.1) is 0 Å². The van der Waals surface area contributed by atoms with Crippen molar-refractivity contribution in [3.63, 3.8) is 0 Å². The van der Waals surface area contributed by atoms with Crippen molar-refractivity contribution in [1.29, 1.82) is 0 Å². The SMILES string of the molecule is COC(C)(C)C(=O)N1CCC(CNC(C)=O)CC1. The second-order valence-corrected chi connectivity index (χ2v) is 5.39. The summed E-state index contributed by atoms with van der Waals surface area (Å²) in [5, 5.41) is 2.83. The molecule has 1 aliphatic heterocycles.